The predicted molar refractivity (Wildman–Crippen MR) is 96.9 cm³/mol. The monoisotopic (exact) mass is 332 g/mol. The lowest BCUT2D eigenvalue weighted by Crippen LogP contribution is -2.30. The van der Waals surface area contributed by atoms with Crippen LogP contribution in [0.3, 0.4) is 0 Å². The van der Waals surface area contributed by atoms with E-state index in [4.69, 9.17) is 4.42 Å². The minimum Gasteiger partial charge on any atom is -0.459 e. The fourth-order valence-corrected chi connectivity index (χ4v) is 3.33. The Balaban J connectivity index is 1.62. The van der Waals surface area contributed by atoms with Crippen molar-refractivity contribution in [2.75, 3.05) is 0 Å². The Morgan fingerprint density at radius 2 is 2.20 bits per heavy atom. The van der Waals surface area contributed by atoms with Gasteiger partial charge in [0.05, 0.1) is 0 Å². The fourth-order valence-electron chi connectivity index (χ4n) is 3.33. The summed E-state index contributed by atoms with van der Waals surface area (Å²) in [4.78, 5) is 16.8. The summed E-state index contributed by atoms with van der Waals surface area (Å²) in [5.74, 6) is 1.10. The molecule has 2 heterocycles. The molecule has 1 aliphatic carbocycles. The summed E-state index contributed by atoms with van der Waals surface area (Å²) in [7, 11) is 0. The predicted octanol–water partition coefficient (Wildman–Crippen LogP) is 4.39. The number of hydrogen-bond acceptors (Lipinski definition) is 3. The number of para-hydroxylation sites is 1. The van der Waals surface area contributed by atoms with Gasteiger partial charge in [0, 0.05) is 29.8 Å². The minimum atomic E-state index is -0.334. The minimum absolute atomic E-state index is 0.0332. The molecule has 4 heteroatoms. The Kier molecular flexibility index (Phi) is 4.34. The van der Waals surface area contributed by atoms with Gasteiger partial charge < -0.3 is 9.73 Å². The van der Waals surface area contributed by atoms with Gasteiger partial charge in [0.1, 0.15) is 17.4 Å². The first-order chi connectivity index (χ1) is 12.3. The first-order valence-electron chi connectivity index (χ1n) is 8.64. The highest BCUT2D eigenvalue weighted by atomic mass is 16.3. The molecule has 0 aliphatic heterocycles. The van der Waals surface area contributed by atoms with Crippen molar-refractivity contribution in [3.05, 3.63) is 78.3 Å². The Morgan fingerprint density at radius 1 is 1.28 bits per heavy atom. The van der Waals surface area contributed by atoms with Crippen molar-refractivity contribution < 1.29 is 9.21 Å². The number of benzene rings is 1. The van der Waals surface area contributed by atoms with Crippen LogP contribution in [0.25, 0.3) is 11.0 Å². The number of fused-ring (bicyclic) bond motifs is 1. The highest BCUT2D eigenvalue weighted by Crippen LogP contribution is 2.28. The summed E-state index contributed by atoms with van der Waals surface area (Å²) in [6, 6.07) is 13.3. The van der Waals surface area contributed by atoms with Gasteiger partial charge in [0.25, 0.3) is 0 Å². The number of aromatic nitrogens is 1. The van der Waals surface area contributed by atoms with Gasteiger partial charge in [0.2, 0.25) is 5.91 Å². The van der Waals surface area contributed by atoms with Crippen LogP contribution in [0.1, 0.15) is 36.6 Å². The lowest BCUT2D eigenvalue weighted by atomic mass is 10.0. The number of nitrogens with zero attached hydrogens (tertiary/aromatic N) is 1. The zero-order valence-corrected chi connectivity index (χ0v) is 13.9. The number of furan rings is 1. The van der Waals surface area contributed by atoms with Crippen molar-refractivity contribution in [1.82, 2.24) is 10.3 Å². The lowest BCUT2D eigenvalue weighted by Gasteiger charge is -2.18. The van der Waals surface area contributed by atoms with E-state index in [1.165, 1.54) is 0 Å². The van der Waals surface area contributed by atoms with Crippen molar-refractivity contribution in [3.8, 4) is 0 Å². The molecule has 1 amide bonds. The van der Waals surface area contributed by atoms with E-state index in [-0.39, 0.29) is 11.9 Å². The van der Waals surface area contributed by atoms with Crippen LogP contribution in [-0.4, -0.2) is 10.9 Å². The molecular weight excluding hydrogens is 312 g/mol. The molecule has 0 radical (unpaired) electrons. The molecule has 25 heavy (non-hydrogen) atoms. The average Bonchev–Trinajstić information content (AvgIpc) is 3.29. The molecule has 0 spiro atoms. The Hall–Kier alpha value is -2.88. The normalized spacial score (nSPS) is 17.7. The van der Waals surface area contributed by atoms with E-state index < -0.39 is 0 Å². The maximum atomic E-state index is 12.6. The summed E-state index contributed by atoms with van der Waals surface area (Å²) in [6.45, 7) is 0. The Labute approximate surface area is 146 Å². The van der Waals surface area contributed by atoms with Crippen molar-refractivity contribution in [1.29, 1.82) is 0 Å². The summed E-state index contributed by atoms with van der Waals surface area (Å²) in [5.41, 5.74) is 1.73. The number of rotatable bonds is 5. The van der Waals surface area contributed by atoms with Gasteiger partial charge in [-0.15, -0.1) is 0 Å². The molecule has 0 bridgehead atoms. The van der Waals surface area contributed by atoms with Crippen LogP contribution in [0.15, 0.2) is 71.4 Å². The van der Waals surface area contributed by atoms with Gasteiger partial charge in [-0.2, -0.15) is 0 Å². The molecule has 4 rings (SSSR count). The summed E-state index contributed by atoms with van der Waals surface area (Å²) in [5, 5.41) is 4.16. The molecule has 2 atom stereocenters. The van der Waals surface area contributed by atoms with Crippen molar-refractivity contribution in [3.63, 3.8) is 0 Å². The van der Waals surface area contributed by atoms with E-state index >= 15 is 0 Å². The number of allylic oxidation sites excluding steroid dienone is 2. The smallest absolute Gasteiger partial charge is 0.221 e. The van der Waals surface area contributed by atoms with Crippen LogP contribution < -0.4 is 5.32 Å². The van der Waals surface area contributed by atoms with Crippen molar-refractivity contribution in [2.45, 2.75) is 25.3 Å². The molecular formula is C21H20N2O2. The molecule has 1 aliphatic rings. The van der Waals surface area contributed by atoms with Crippen LogP contribution in [-0.2, 0) is 4.79 Å². The largest absolute Gasteiger partial charge is 0.459 e. The van der Waals surface area contributed by atoms with Gasteiger partial charge in [-0.1, -0.05) is 36.4 Å². The average molecular weight is 332 g/mol. The van der Waals surface area contributed by atoms with Gasteiger partial charge in [-0.3, -0.25) is 9.78 Å². The zero-order chi connectivity index (χ0) is 17.1. The summed E-state index contributed by atoms with van der Waals surface area (Å²) < 4.78 is 6.00. The first-order valence-corrected chi connectivity index (χ1v) is 8.64. The second kappa shape index (κ2) is 6.93. The molecule has 4 nitrogen and oxygen atoms in total. The van der Waals surface area contributed by atoms with Gasteiger partial charge in [-0.25, -0.2) is 0 Å². The second-order valence-corrected chi connectivity index (χ2v) is 6.44. The number of hydrogen-bond donors (Lipinski definition) is 1. The lowest BCUT2D eigenvalue weighted by molar-refractivity contribution is -0.122. The molecule has 0 saturated carbocycles. The number of nitrogens with one attached hydrogen (secondary N) is 1. The third kappa shape index (κ3) is 3.48. The van der Waals surface area contributed by atoms with E-state index in [0.29, 0.717) is 12.3 Å². The van der Waals surface area contributed by atoms with E-state index in [1.807, 2.05) is 42.5 Å². The number of carbonyl (C=O) groups is 1. The van der Waals surface area contributed by atoms with Gasteiger partial charge in [-0.05, 0) is 37.0 Å². The first kappa shape index (κ1) is 15.6. The molecule has 0 saturated heterocycles. The standard InChI is InChI=1S/C21H20N2O2/c24-20(12-15-6-1-2-7-15)23-21(17-9-5-11-22-14-17)19-13-16-8-3-4-10-18(16)25-19/h1,3-6,8-11,13-15,21H,2,7,12H2,(H,23,24)/t15-,21+/m1/s1. The van der Waals surface area contributed by atoms with E-state index in [0.717, 1.165) is 35.1 Å². The maximum absolute atomic E-state index is 12.6. The van der Waals surface area contributed by atoms with Crippen LogP contribution in [0, 0.1) is 5.92 Å². The Morgan fingerprint density at radius 3 is 2.96 bits per heavy atom. The van der Waals surface area contributed by atoms with E-state index in [2.05, 4.69) is 22.5 Å². The number of carbonyl (C=O) groups excluding carboxylic acids is 1. The van der Waals surface area contributed by atoms with Crippen LogP contribution >= 0.6 is 0 Å². The van der Waals surface area contributed by atoms with Crippen molar-refractivity contribution >= 4 is 16.9 Å². The van der Waals surface area contributed by atoms with E-state index in [9.17, 15) is 4.79 Å². The van der Waals surface area contributed by atoms with Crippen LogP contribution in [0.4, 0.5) is 0 Å². The third-order valence-electron chi connectivity index (χ3n) is 4.61. The van der Waals surface area contributed by atoms with Crippen LogP contribution in [0.5, 0.6) is 0 Å². The quantitative estimate of drug-likeness (QED) is 0.705. The third-order valence-corrected chi connectivity index (χ3v) is 4.61. The summed E-state index contributed by atoms with van der Waals surface area (Å²) >= 11 is 0. The molecule has 0 fully saturated rings. The maximum Gasteiger partial charge on any atom is 0.221 e. The highest BCUT2D eigenvalue weighted by molar-refractivity contribution is 5.80. The van der Waals surface area contributed by atoms with Gasteiger partial charge >= 0.3 is 0 Å². The second-order valence-electron chi connectivity index (χ2n) is 6.44. The van der Waals surface area contributed by atoms with Crippen molar-refractivity contribution in [2.24, 2.45) is 5.92 Å². The molecule has 2 aromatic heterocycles. The fraction of sp³-hybridized carbons (Fsp3) is 0.238. The topological polar surface area (TPSA) is 55.1 Å². The molecule has 1 aromatic carbocycles. The molecule has 126 valence electrons. The number of amides is 1. The number of pyridine rings is 1. The Bertz CT molecular complexity index is 865. The summed E-state index contributed by atoms with van der Waals surface area (Å²) in [6.07, 6.45) is 10.4. The molecule has 0 unspecified atom stereocenters. The van der Waals surface area contributed by atoms with E-state index in [1.54, 1.807) is 12.4 Å². The SMILES string of the molecule is O=C(C[C@@H]1C=CCC1)N[C@@H](c1cccnc1)c1cc2ccccc2o1. The van der Waals surface area contributed by atoms with Gasteiger partial charge in [0.15, 0.2) is 0 Å². The highest BCUT2D eigenvalue weighted by Gasteiger charge is 2.23. The molecule has 1 N–H and O–H groups in total. The zero-order valence-electron chi connectivity index (χ0n) is 13.9. The molecule has 3 aromatic rings. The van der Waals surface area contributed by atoms with Crippen LogP contribution in [0.2, 0.25) is 0 Å².